The van der Waals surface area contributed by atoms with Gasteiger partial charge in [-0.15, -0.1) is 0 Å². The highest BCUT2D eigenvalue weighted by Crippen LogP contribution is 2.27. The Kier molecular flexibility index (Phi) is 7.11. The van der Waals surface area contributed by atoms with Crippen molar-refractivity contribution in [2.45, 2.75) is 33.6 Å². The molecule has 2 amide bonds. The monoisotopic (exact) mass is 372 g/mol. The number of carbonyl (C=O) groups excluding carboxylic acids is 2. The summed E-state index contributed by atoms with van der Waals surface area (Å²) in [6.07, 6.45) is 1.82. The van der Waals surface area contributed by atoms with E-state index in [0.29, 0.717) is 16.7 Å². The third-order valence-electron chi connectivity index (χ3n) is 4.55. The SMILES string of the molecule is CCCN(CCC)C(=O)c1ccc(-c2cc(C(=O)NC)cc(F)c2C)cc1.[HH]. The summed E-state index contributed by atoms with van der Waals surface area (Å²) in [5.74, 6) is -0.757. The number of hydrogen-bond donors (Lipinski definition) is 1. The number of rotatable bonds is 7. The van der Waals surface area contributed by atoms with E-state index in [9.17, 15) is 14.0 Å². The van der Waals surface area contributed by atoms with Crippen molar-refractivity contribution in [3.8, 4) is 11.1 Å². The molecule has 0 saturated heterocycles. The molecule has 0 spiro atoms. The van der Waals surface area contributed by atoms with Gasteiger partial charge in [-0.05, 0) is 60.7 Å². The molecule has 2 aromatic carbocycles. The average molecular weight is 372 g/mol. The van der Waals surface area contributed by atoms with Gasteiger partial charge >= 0.3 is 0 Å². The minimum atomic E-state index is -0.427. The highest BCUT2D eigenvalue weighted by Gasteiger charge is 2.16. The molecular weight excluding hydrogens is 343 g/mol. The Morgan fingerprint density at radius 1 is 1.04 bits per heavy atom. The van der Waals surface area contributed by atoms with Crippen LogP contribution >= 0.6 is 0 Å². The summed E-state index contributed by atoms with van der Waals surface area (Å²) >= 11 is 0. The van der Waals surface area contributed by atoms with E-state index in [1.807, 2.05) is 4.90 Å². The Balaban J connectivity index is 0.00000392. The first-order valence-electron chi connectivity index (χ1n) is 9.34. The first-order chi connectivity index (χ1) is 12.9. The van der Waals surface area contributed by atoms with Crippen molar-refractivity contribution in [2.24, 2.45) is 0 Å². The van der Waals surface area contributed by atoms with E-state index in [1.54, 1.807) is 37.3 Å². The van der Waals surface area contributed by atoms with Gasteiger partial charge in [0.25, 0.3) is 11.8 Å². The standard InChI is InChI=1S/C22H27FN2O2.H2/c1-5-11-25(12-6-2)22(27)17-9-7-16(8-10-17)19-13-18(21(26)24-4)14-20(23)15(19)3;/h7-10,13-14H,5-6,11-12H2,1-4H3,(H,24,26);1H. The second-order valence-electron chi connectivity index (χ2n) is 6.58. The topological polar surface area (TPSA) is 49.4 Å². The molecule has 0 fully saturated rings. The highest BCUT2D eigenvalue weighted by molar-refractivity contribution is 5.96. The van der Waals surface area contributed by atoms with Crippen LogP contribution in [-0.2, 0) is 0 Å². The highest BCUT2D eigenvalue weighted by atomic mass is 19.1. The Morgan fingerprint density at radius 3 is 2.15 bits per heavy atom. The van der Waals surface area contributed by atoms with Gasteiger partial charge in [0.1, 0.15) is 5.82 Å². The lowest BCUT2D eigenvalue weighted by atomic mass is 9.96. The summed E-state index contributed by atoms with van der Waals surface area (Å²) in [5, 5.41) is 2.51. The summed E-state index contributed by atoms with van der Waals surface area (Å²) < 4.78 is 14.3. The molecule has 146 valence electrons. The first kappa shape index (κ1) is 20.6. The fourth-order valence-corrected chi connectivity index (χ4v) is 3.08. The summed E-state index contributed by atoms with van der Waals surface area (Å²) in [5.41, 5.74) is 2.77. The molecule has 0 aromatic heterocycles. The zero-order valence-electron chi connectivity index (χ0n) is 16.4. The van der Waals surface area contributed by atoms with Crippen LogP contribution in [0.5, 0.6) is 0 Å². The van der Waals surface area contributed by atoms with Crippen molar-refractivity contribution in [2.75, 3.05) is 20.1 Å². The maximum absolute atomic E-state index is 14.3. The third-order valence-corrected chi connectivity index (χ3v) is 4.55. The Hall–Kier alpha value is -2.69. The minimum absolute atomic E-state index is 0. The molecule has 2 aromatic rings. The van der Waals surface area contributed by atoms with Gasteiger partial charge < -0.3 is 10.2 Å². The quantitative estimate of drug-likeness (QED) is 0.768. The molecule has 4 nitrogen and oxygen atoms in total. The molecule has 0 atom stereocenters. The Labute approximate surface area is 161 Å². The molecule has 0 aliphatic heterocycles. The smallest absolute Gasteiger partial charge is 0.253 e. The van der Waals surface area contributed by atoms with E-state index in [2.05, 4.69) is 19.2 Å². The number of nitrogens with zero attached hydrogens (tertiary/aromatic N) is 1. The summed E-state index contributed by atoms with van der Waals surface area (Å²) in [4.78, 5) is 26.4. The Bertz CT molecular complexity index is 816. The molecule has 0 bridgehead atoms. The molecule has 0 unspecified atom stereocenters. The van der Waals surface area contributed by atoms with Crippen molar-refractivity contribution < 1.29 is 15.4 Å². The van der Waals surface area contributed by atoms with Crippen molar-refractivity contribution in [3.63, 3.8) is 0 Å². The first-order valence-corrected chi connectivity index (χ1v) is 9.34. The zero-order chi connectivity index (χ0) is 20.0. The maximum atomic E-state index is 14.3. The Morgan fingerprint density at radius 2 is 1.63 bits per heavy atom. The van der Waals surface area contributed by atoms with Crippen LogP contribution in [0, 0.1) is 12.7 Å². The van der Waals surface area contributed by atoms with Crippen molar-refractivity contribution >= 4 is 11.8 Å². The van der Waals surface area contributed by atoms with E-state index < -0.39 is 5.82 Å². The van der Waals surface area contributed by atoms with Crippen molar-refractivity contribution in [1.82, 2.24) is 10.2 Å². The lowest BCUT2D eigenvalue weighted by Gasteiger charge is -2.21. The number of nitrogens with one attached hydrogen (secondary N) is 1. The second kappa shape index (κ2) is 9.31. The fraction of sp³-hybridized carbons (Fsp3) is 0.364. The number of benzene rings is 2. The van der Waals surface area contributed by atoms with Crippen LogP contribution in [0.25, 0.3) is 11.1 Å². The van der Waals surface area contributed by atoms with E-state index >= 15 is 0 Å². The van der Waals surface area contributed by atoms with E-state index in [-0.39, 0.29) is 18.8 Å². The van der Waals surface area contributed by atoms with Gasteiger partial charge in [0.15, 0.2) is 0 Å². The molecule has 0 heterocycles. The molecule has 0 aliphatic rings. The largest absolute Gasteiger partial charge is 0.355 e. The molecule has 27 heavy (non-hydrogen) atoms. The lowest BCUT2D eigenvalue weighted by molar-refractivity contribution is 0.0755. The summed E-state index contributed by atoms with van der Waals surface area (Å²) in [7, 11) is 1.51. The molecule has 2 rings (SSSR count). The molecule has 5 heteroatoms. The van der Waals surface area contributed by atoms with Crippen LogP contribution in [0.4, 0.5) is 4.39 Å². The minimum Gasteiger partial charge on any atom is -0.355 e. The van der Waals surface area contributed by atoms with Gasteiger partial charge in [-0.1, -0.05) is 26.0 Å². The molecular formula is C22H29FN2O2. The number of amides is 2. The lowest BCUT2D eigenvalue weighted by Crippen LogP contribution is -2.32. The van der Waals surface area contributed by atoms with E-state index in [1.165, 1.54) is 13.1 Å². The van der Waals surface area contributed by atoms with E-state index in [0.717, 1.165) is 31.5 Å². The van der Waals surface area contributed by atoms with Crippen LogP contribution in [-0.4, -0.2) is 36.9 Å². The van der Waals surface area contributed by atoms with Gasteiger partial charge in [-0.2, -0.15) is 0 Å². The molecule has 0 aliphatic carbocycles. The third kappa shape index (κ3) is 4.73. The van der Waals surface area contributed by atoms with Crippen LogP contribution in [0.15, 0.2) is 36.4 Å². The van der Waals surface area contributed by atoms with Gasteiger partial charge in [0.2, 0.25) is 0 Å². The van der Waals surface area contributed by atoms with Gasteiger partial charge in [0, 0.05) is 32.7 Å². The van der Waals surface area contributed by atoms with Gasteiger partial charge in [0.05, 0.1) is 0 Å². The van der Waals surface area contributed by atoms with Crippen LogP contribution < -0.4 is 5.32 Å². The summed E-state index contributed by atoms with van der Waals surface area (Å²) in [6, 6.07) is 10.1. The van der Waals surface area contributed by atoms with Crippen LogP contribution in [0.1, 0.15) is 54.4 Å². The predicted molar refractivity (Wildman–Crippen MR) is 109 cm³/mol. The normalized spacial score (nSPS) is 10.6. The number of hydrogen-bond acceptors (Lipinski definition) is 2. The second-order valence-corrected chi connectivity index (χ2v) is 6.58. The fourth-order valence-electron chi connectivity index (χ4n) is 3.08. The average Bonchev–Trinajstić information content (AvgIpc) is 2.68. The van der Waals surface area contributed by atoms with Gasteiger partial charge in [-0.25, -0.2) is 4.39 Å². The van der Waals surface area contributed by atoms with Crippen molar-refractivity contribution in [1.29, 1.82) is 0 Å². The maximum Gasteiger partial charge on any atom is 0.253 e. The molecule has 1 N–H and O–H groups in total. The van der Waals surface area contributed by atoms with Gasteiger partial charge in [-0.3, -0.25) is 9.59 Å². The number of carbonyl (C=O) groups is 2. The van der Waals surface area contributed by atoms with Crippen LogP contribution in [0.2, 0.25) is 0 Å². The summed E-state index contributed by atoms with van der Waals surface area (Å²) in [6.45, 7) is 7.24. The van der Waals surface area contributed by atoms with Crippen LogP contribution in [0.3, 0.4) is 0 Å². The number of halogens is 1. The predicted octanol–water partition coefficient (Wildman–Crippen LogP) is 4.67. The molecule has 0 saturated carbocycles. The van der Waals surface area contributed by atoms with E-state index in [4.69, 9.17) is 0 Å². The zero-order valence-corrected chi connectivity index (χ0v) is 16.4. The van der Waals surface area contributed by atoms with Crippen molar-refractivity contribution in [3.05, 3.63) is 58.9 Å². The molecule has 0 radical (unpaired) electrons.